The van der Waals surface area contributed by atoms with Gasteiger partial charge in [0.2, 0.25) is 5.91 Å². The van der Waals surface area contributed by atoms with Gasteiger partial charge >= 0.3 is 0 Å². The third kappa shape index (κ3) is 7.47. The standard InChI is InChI=1S/C22H26Cl2N6O4S/c23-15-8-3-12(10-16(15)24)11-18(30-35(27,33)34)22(32)29-19(20(31)17-2-1-9-28-17)13-4-6-14(7-5-13)21(25)26/h3-8,10,17-19,28,30H,1-2,9,11H2,(H3,25,26)(H,29,32)(H2,27,33,34)/t17-,18+,19?/m0/s1. The van der Waals surface area contributed by atoms with Crippen LogP contribution in [0.5, 0.6) is 0 Å². The van der Waals surface area contributed by atoms with E-state index < -0.39 is 34.2 Å². The molecule has 3 atom stereocenters. The fraction of sp³-hybridized carbons (Fsp3) is 0.318. The molecule has 1 aliphatic heterocycles. The lowest BCUT2D eigenvalue weighted by atomic mass is 9.95. The average molecular weight is 541 g/mol. The Kier molecular flexibility index (Phi) is 8.86. The third-order valence-corrected chi connectivity index (χ3v) is 6.93. The first-order valence-electron chi connectivity index (χ1n) is 10.7. The van der Waals surface area contributed by atoms with Crippen LogP contribution in [0.1, 0.15) is 35.6 Å². The Bertz CT molecular complexity index is 1220. The SMILES string of the molecule is N=C(N)c1ccc(C(NC(=O)[C@@H](Cc2ccc(Cl)c(Cl)c2)NS(N)(=O)=O)C(=O)[C@@H]2CCCN2)cc1. The van der Waals surface area contributed by atoms with Crippen LogP contribution in [0, 0.1) is 5.41 Å². The second kappa shape index (κ2) is 11.5. The number of carbonyl (C=O) groups is 2. The topological polar surface area (TPSA) is 180 Å². The van der Waals surface area contributed by atoms with Crippen LogP contribution < -0.4 is 26.2 Å². The number of hydrogen-bond donors (Lipinski definition) is 6. The summed E-state index contributed by atoms with van der Waals surface area (Å²) in [5, 5.41) is 19.0. The highest BCUT2D eigenvalue weighted by Crippen LogP contribution is 2.24. The van der Waals surface area contributed by atoms with Gasteiger partial charge in [-0.1, -0.05) is 53.5 Å². The summed E-state index contributed by atoms with van der Waals surface area (Å²) >= 11 is 12.0. The molecule has 2 aromatic rings. The number of nitrogens with one attached hydrogen (secondary N) is 4. The van der Waals surface area contributed by atoms with Crippen LogP contribution in [0.4, 0.5) is 0 Å². The molecule has 35 heavy (non-hydrogen) atoms. The smallest absolute Gasteiger partial charge is 0.275 e. The molecule has 1 unspecified atom stereocenters. The maximum Gasteiger partial charge on any atom is 0.275 e. The largest absolute Gasteiger partial charge is 0.384 e. The van der Waals surface area contributed by atoms with Crippen LogP contribution in [0.25, 0.3) is 0 Å². The van der Waals surface area contributed by atoms with Crippen LogP contribution >= 0.6 is 23.2 Å². The van der Waals surface area contributed by atoms with Crippen LogP contribution in [-0.4, -0.2) is 44.6 Å². The van der Waals surface area contributed by atoms with Crippen molar-refractivity contribution in [2.24, 2.45) is 10.9 Å². The van der Waals surface area contributed by atoms with E-state index in [9.17, 15) is 18.0 Å². The quantitative estimate of drug-likeness (QED) is 0.194. The summed E-state index contributed by atoms with van der Waals surface area (Å²) in [6, 6.07) is 8.11. The number of nitrogen functional groups attached to an aromatic ring is 1. The molecule has 0 aliphatic carbocycles. The van der Waals surface area contributed by atoms with Gasteiger partial charge in [0.1, 0.15) is 17.9 Å². The van der Waals surface area contributed by atoms with E-state index in [1.165, 1.54) is 12.1 Å². The number of carbonyl (C=O) groups excluding carboxylic acids is 2. The second-order valence-electron chi connectivity index (χ2n) is 8.20. The first-order valence-corrected chi connectivity index (χ1v) is 13.0. The Hall–Kier alpha value is -2.54. The van der Waals surface area contributed by atoms with E-state index in [2.05, 4.69) is 15.4 Å². The minimum atomic E-state index is -4.26. The predicted octanol–water partition coefficient (Wildman–Crippen LogP) is 1.16. The number of rotatable bonds is 10. The Morgan fingerprint density at radius 2 is 1.83 bits per heavy atom. The molecule has 10 nitrogen and oxygen atoms in total. The van der Waals surface area contributed by atoms with Crippen LogP contribution in [0.15, 0.2) is 42.5 Å². The molecule has 0 saturated carbocycles. The molecule has 2 aromatic carbocycles. The highest BCUT2D eigenvalue weighted by molar-refractivity contribution is 7.87. The number of ketones is 1. The highest BCUT2D eigenvalue weighted by atomic mass is 35.5. The van der Waals surface area contributed by atoms with Crippen LogP contribution in [0.3, 0.4) is 0 Å². The molecule has 1 aliphatic rings. The zero-order valence-corrected chi connectivity index (χ0v) is 20.9. The lowest BCUT2D eigenvalue weighted by Crippen LogP contribution is -2.52. The fourth-order valence-corrected chi connectivity index (χ4v) is 4.74. The number of amidine groups is 1. The van der Waals surface area contributed by atoms with Crippen molar-refractivity contribution < 1.29 is 18.0 Å². The molecule has 3 rings (SSSR count). The summed E-state index contributed by atoms with van der Waals surface area (Å²) in [5.41, 5.74) is 6.96. The van der Waals surface area contributed by atoms with Gasteiger partial charge in [0, 0.05) is 5.56 Å². The summed E-state index contributed by atoms with van der Waals surface area (Å²) in [7, 11) is -4.26. The van der Waals surface area contributed by atoms with Gasteiger partial charge in [0.25, 0.3) is 10.2 Å². The zero-order chi connectivity index (χ0) is 25.8. The Labute approximate surface area is 213 Å². The van der Waals surface area contributed by atoms with Crippen molar-refractivity contribution in [2.75, 3.05) is 6.54 Å². The number of amides is 1. The maximum absolute atomic E-state index is 13.3. The normalized spacial score (nSPS) is 17.5. The van der Waals surface area contributed by atoms with Crippen LogP contribution in [0.2, 0.25) is 10.0 Å². The van der Waals surface area contributed by atoms with Gasteiger partial charge in [-0.25, -0.2) is 5.14 Å². The molecular weight excluding hydrogens is 515 g/mol. The van der Waals surface area contributed by atoms with Crippen molar-refractivity contribution >= 4 is 50.9 Å². The van der Waals surface area contributed by atoms with E-state index in [0.29, 0.717) is 34.7 Å². The number of Topliss-reactive ketones (excluding diaryl/α,β-unsaturated/α-hetero) is 1. The molecule has 1 saturated heterocycles. The molecule has 0 aromatic heterocycles. The number of hydrogen-bond acceptors (Lipinski definition) is 6. The van der Waals surface area contributed by atoms with Crippen LogP contribution in [-0.2, 0) is 26.2 Å². The zero-order valence-electron chi connectivity index (χ0n) is 18.6. The van der Waals surface area contributed by atoms with Gasteiger partial charge in [0.15, 0.2) is 5.78 Å². The van der Waals surface area contributed by atoms with E-state index in [4.69, 9.17) is 39.5 Å². The molecule has 1 heterocycles. The monoisotopic (exact) mass is 540 g/mol. The lowest BCUT2D eigenvalue weighted by molar-refractivity contribution is -0.129. The Morgan fingerprint density at radius 1 is 1.14 bits per heavy atom. The van der Waals surface area contributed by atoms with Gasteiger partial charge in [0.05, 0.1) is 16.1 Å². The van der Waals surface area contributed by atoms with Crippen molar-refractivity contribution in [2.45, 2.75) is 37.4 Å². The van der Waals surface area contributed by atoms with Gasteiger partial charge in [-0.2, -0.15) is 13.1 Å². The first kappa shape index (κ1) is 27.1. The molecule has 188 valence electrons. The van der Waals surface area contributed by atoms with Crippen molar-refractivity contribution in [3.63, 3.8) is 0 Å². The fourth-order valence-electron chi connectivity index (χ4n) is 3.83. The molecule has 8 N–H and O–H groups in total. The molecule has 1 fully saturated rings. The first-order chi connectivity index (χ1) is 16.4. The van der Waals surface area contributed by atoms with E-state index in [-0.39, 0.29) is 23.1 Å². The van der Waals surface area contributed by atoms with E-state index >= 15 is 0 Å². The van der Waals surface area contributed by atoms with Crippen molar-refractivity contribution in [1.29, 1.82) is 5.41 Å². The molecule has 0 spiro atoms. The van der Waals surface area contributed by atoms with E-state index in [0.717, 1.165) is 6.42 Å². The van der Waals surface area contributed by atoms with Gasteiger partial charge < -0.3 is 16.4 Å². The molecule has 13 heteroatoms. The van der Waals surface area contributed by atoms with Gasteiger partial charge in [-0.3, -0.25) is 15.0 Å². The van der Waals surface area contributed by atoms with Crippen molar-refractivity contribution in [1.82, 2.24) is 15.4 Å². The molecule has 1 amide bonds. The summed E-state index contributed by atoms with van der Waals surface area (Å²) in [4.78, 5) is 26.6. The summed E-state index contributed by atoms with van der Waals surface area (Å²) < 4.78 is 25.7. The number of nitrogens with two attached hydrogens (primary N) is 2. The summed E-state index contributed by atoms with van der Waals surface area (Å²) in [5.74, 6) is -1.16. The van der Waals surface area contributed by atoms with Gasteiger partial charge in [-0.05, 0) is 49.1 Å². The van der Waals surface area contributed by atoms with Crippen molar-refractivity contribution in [3.8, 4) is 0 Å². The van der Waals surface area contributed by atoms with E-state index in [1.54, 1.807) is 30.3 Å². The maximum atomic E-state index is 13.3. The number of halogens is 2. The predicted molar refractivity (Wildman–Crippen MR) is 135 cm³/mol. The molecular formula is C22H26Cl2N6O4S. The second-order valence-corrected chi connectivity index (χ2v) is 10.3. The Balaban J connectivity index is 1.90. The van der Waals surface area contributed by atoms with Crippen molar-refractivity contribution in [3.05, 3.63) is 69.2 Å². The molecule has 0 radical (unpaired) electrons. The van der Waals surface area contributed by atoms with Gasteiger partial charge in [-0.15, -0.1) is 0 Å². The lowest BCUT2D eigenvalue weighted by Gasteiger charge is -2.25. The third-order valence-electron chi connectivity index (χ3n) is 5.58. The van der Waals surface area contributed by atoms with E-state index in [1.807, 2.05) is 0 Å². The highest BCUT2D eigenvalue weighted by Gasteiger charge is 2.33. The molecule has 0 bridgehead atoms. The Morgan fingerprint density at radius 3 is 2.37 bits per heavy atom. The minimum absolute atomic E-state index is 0.0922. The summed E-state index contributed by atoms with van der Waals surface area (Å²) in [6.45, 7) is 0.674. The summed E-state index contributed by atoms with van der Waals surface area (Å²) in [6.07, 6.45) is 1.33. The average Bonchev–Trinajstić information content (AvgIpc) is 3.33. The number of benzene rings is 2. The minimum Gasteiger partial charge on any atom is -0.384 e.